The molecule has 0 amide bonds. The molecule has 0 nitrogen and oxygen atoms in total. The Hall–Kier alpha value is -6.76. The van der Waals surface area contributed by atoms with Gasteiger partial charge < -0.3 is 0 Å². The molecule has 10 aromatic rings. The first-order chi connectivity index (χ1) is 27.1. The van der Waals surface area contributed by atoms with Gasteiger partial charge in [-0.05, 0) is 122 Å². The minimum absolute atomic E-state index is 0.0451. The Labute approximate surface area is 322 Å². The van der Waals surface area contributed by atoms with E-state index in [1.54, 1.807) is 0 Å². The molecule has 0 spiro atoms. The van der Waals surface area contributed by atoms with E-state index in [1.165, 1.54) is 110 Å². The predicted molar refractivity (Wildman–Crippen MR) is 236 cm³/mol. The lowest BCUT2D eigenvalue weighted by Gasteiger charge is -2.23. The van der Waals surface area contributed by atoms with Crippen LogP contribution in [0, 0.1) is 0 Å². The lowest BCUT2D eigenvalue weighted by Crippen LogP contribution is -2.15. The van der Waals surface area contributed by atoms with Crippen LogP contribution in [0.5, 0.6) is 0 Å². The summed E-state index contributed by atoms with van der Waals surface area (Å²) in [6, 6.07) is 72.1. The molecule has 0 radical (unpaired) electrons. The second-order valence-electron chi connectivity index (χ2n) is 15.6. The molecule has 0 aromatic heterocycles. The zero-order chi connectivity index (χ0) is 36.7. The summed E-state index contributed by atoms with van der Waals surface area (Å²) in [5.74, 6) is 0. The van der Waals surface area contributed by atoms with E-state index in [0.29, 0.717) is 0 Å². The molecule has 0 N–H and O–H groups in total. The van der Waals surface area contributed by atoms with Gasteiger partial charge in [0.2, 0.25) is 0 Å². The van der Waals surface area contributed by atoms with Crippen LogP contribution in [-0.2, 0) is 5.41 Å². The van der Waals surface area contributed by atoms with E-state index < -0.39 is 0 Å². The average Bonchev–Trinajstić information content (AvgIpc) is 3.49. The van der Waals surface area contributed by atoms with E-state index in [9.17, 15) is 0 Å². The van der Waals surface area contributed by atoms with Crippen molar-refractivity contribution in [3.63, 3.8) is 0 Å². The Morgan fingerprint density at radius 1 is 0.309 bits per heavy atom. The molecule has 0 heteroatoms. The first-order valence-electron chi connectivity index (χ1n) is 19.4. The molecule has 0 aliphatic heterocycles. The summed E-state index contributed by atoms with van der Waals surface area (Å²) in [5.41, 5.74) is 15.5. The van der Waals surface area contributed by atoms with Gasteiger partial charge in [-0.2, -0.15) is 0 Å². The summed E-state index contributed by atoms with van der Waals surface area (Å²) in [5, 5.41) is 10.3. The van der Waals surface area contributed by atoms with Crippen LogP contribution in [0.2, 0.25) is 0 Å². The van der Waals surface area contributed by atoms with E-state index in [-0.39, 0.29) is 5.41 Å². The van der Waals surface area contributed by atoms with Gasteiger partial charge >= 0.3 is 0 Å². The van der Waals surface area contributed by atoms with Gasteiger partial charge in [0.25, 0.3) is 0 Å². The molecule has 0 atom stereocenters. The Kier molecular flexibility index (Phi) is 7.00. The maximum atomic E-state index is 2.38. The molecule has 0 fully saturated rings. The van der Waals surface area contributed by atoms with Crippen LogP contribution in [-0.4, -0.2) is 0 Å². The van der Waals surface area contributed by atoms with E-state index >= 15 is 0 Å². The zero-order valence-corrected chi connectivity index (χ0v) is 31.0. The molecule has 10 aromatic carbocycles. The van der Waals surface area contributed by atoms with Crippen molar-refractivity contribution in [2.45, 2.75) is 19.3 Å². The van der Waals surface area contributed by atoms with Gasteiger partial charge in [0.15, 0.2) is 0 Å². The van der Waals surface area contributed by atoms with Crippen molar-refractivity contribution in [3.8, 4) is 55.6 Å². The molecule has 258 valence electrons. The van der Waals surface area contributed by atoms with Crippen LogP contribution in [0.3, 0.4) is 0 Å². The molecule has 55 heavy (non-hydrogen) atoms. The molecule has 11 rings (SSSR count). The van der Waals surface area contributed by atoms with Crippen molar-refractivity contribution in [1.29, 1.82) is 0 Å². The number of hydrogen-bond acceptors (Lipinski definition) is 0. The molecular weight excluding hydrogens is 661 g/mol. The third kappa shape index (κ3) is 4.78. The summed E-state index contributed by atoms with van der Waals surface area (Å²) in [4.78, 5) is 0. The van der Waals surface area contributed by atoms with Gasteiger partial charge in [-0.1, -0.05) is 196 Å². The van der Waals surface area contributed by atoms with E-state index in [4.69, 9.17) is 0 Å². The highest BCUT2D eigenvalue weighted by Crippen LogP contribution is 2.52. The Bertz CT molecular complexity index is 3160. The van der Waals surface area contributed by atoms with Gasteiger partial charge in [-0.3, -0.25) is 0 Å². The fraction of sp³-hybridized carbons (Fsp3) is 0.0545. The zero-order valence-electron chi connectivity index (χ0n) is 31.0. The summed E-state index contributed by atoms with van der Waals surface area (Å²) in [7, 11) is 0. The maximum Gasteiger partial charge on any atom is 0.0165 e. The third-order valence-corrected chi connectivity index (χ3v) is 12.2. The molecule has 0 bridgehead atoms. The fourth-order valence-corrected chi connectivity index (χ4v) is 9.77. The van der Waals surface area contributed by atoms with Crippen molar-refractivity contribution >= 4 is 43.1 Å². The smallest absolute Gasteiger partial charge is 0.0165 e. The van der Waals surface area contributed by atoms with Crippen LogP contribution in [0.15, 0.2) is 194 Å². The first kappa shape index (κ1) is 31.7. The van der Waals surface area contributed by atoms with Gasteiger partial charge in [0.1, 0.15) is 0 Å². The van der Waals surface area contributed by atoms with Gasteiger partial charge in [0, 0.05) is 5.41 Å². The summed E-state index contributed by atoms with van der Waals surface area (Å²) >= 11 is 0. The van der Waals surface area contributed by atoms with Gasteiger partial charge in [-0.25, -0.2) is 0 Å². The highest BCUT2D eigenvalue weighted by Gasteiger charge is 2.36. The van der Waals surface area contributed by atoms with Crippen LogP contribution in [0.1, 0.15) is 25.0 Å². The van der Waals surface area contributed by atoms with Crippen LogP contribution >= 0.6 is 0 Å². The third-order valence-electron chi connectivity index (χ3n) is 12.2. The summed E-state index contributed by atoms with van der Waals surface area (Å²) < 4.78 is 0. The monoisotopic (exact) mass is 698 g/mol. The molecular formula is C55H38. The van der Waals surface area contributed by atoms with E-state index in [0.717, 1.165) is 0 Å². The Morgan fingerprint density at radius 3 is 1.75 bits per heavy atom. The minimum atomic E-state index is -0.0451. The van der Waals surface area contributed by atoms with Crippen molar-refractivity contribution in [1.82, 2.24) is 0 Å². The largest absolute Gasteiger partial charge is 0.0622 e. The van der Waals surface area contributed by atoms with E-state index in [1.807, 2.05) is 0 Å². The van der Waals surface area contributed by atoms with Gasteiger partial charge in [-0.15, -0.1) is 0 Å². The van der Waals surface area contributed by atoms with Crippen molar-refractivity contribution in [2.75, 3.05) is 0 Å². The number of benzene rings is 10. The highest BCUT2D eigenvalue weighted by molar-refractivity contribution is 6.28. The second-order valence-corrected chi connectivity index (χ2v) is 15.6. The summed E-state index contributed by atoms with van der Waals surface area (Å²) in [6.45, 7) is 4.74. The van der Waals surface area contributed by atoms with Crippen LogP contribution in [0.4, 0.5) is 0 Å². The SMILES string of the molecule is CC1(C)c2ccccc2-c2ccc3cc(-c4cccc(-c5ccccc5-c5c6ccccc6c(-c6ccccc6)c6c5ccc5ccccc56)c4)ccc3c21. The molecule has 0 unspecified atom stereocenters. The average molecular weight is 699 g/mol. The highest BCUT2D eigenvalue weighted by atomic mass is 14.4. The lowest BCUT2D eigenvalue weighted by atomic mass is 9.80. The standard InChI is InChI=1S/C55H38/c1-55(2)50-26-13-12-22-44(50)48-31-29-40-34-38(28-30-43(40)54(48)55)37-18-14-19-39(33-37)41-20-8-9-23-45(41)52-47-25-11-10-24-46(47)51(36-16-4-3-5-17-36)53-42-21-7-6-15-35(42)27-32-49(52)53/h3-34H,1-2H3. The molecule has 0 saturated carbocycles. The Morgan fingerprint density at radius 2 is 0.909 bits per heavy atom. The molecule has 0 heterocycles. The van der Waals surface area contributed by atoms with E-state index in [2.05, 4.69) is 208 Å². The predicted octanol–water partition coefficient (Wildman–Crippen LogP) is 15.3. The summed E-state index contributed by atoms with van der Waals surface area (Å²) in [6.07, 6.45) is 0. The number of rotatable bonds is 4. The minimum Gasteiger partial charge on any atom is -0.0622 e. The Balaban J connectivity index is 1.10. The quantitative estimate of drug-likeness (QED) is 0.127. The van der Waals surface area contributed by atoms with Crippen molar-refractivity contribution < 1.29 is 0 Å². The first-order valence-corrected chi connectivity index (χ1v) is 19.4. The van der Waals surface area contributed by atoms with Crippen molar-refractivity contribution in [3.05, 3.63) is 205 Å². The maximum absolute atomic E-state index is 2.38. The fourth-order valence-electron chi connectivity index (χ4n) is 9.77. The van der Waals surface area contributed by atoms with Crippen LogP contribution < -0.4 is 0 Å². The van der Waals surface area contributed by atoms with Gasteiger partial charge in [0.05, 0.1) is 0 Å². The number of fused-ring (bicyclic) bond motifs is 9. The van der Waals surface area contributed by atoms with Crippen molar-refractivity contribution in [2.24, 2.45) is 0 Å². The molecule has 1 aliphatic rings. The van der Waals surface area contributed by atoms with Crippen LogP contribution in [0.25, 0.3) is 98.7 Å². The molecule has 1 aliphatic carbocycles. The topological polar surface area (TPSA) is 0 Å². The lowest BCUT2D eigenvalue weighted by molar-refractivity contribution is 0.666. The second kappa shape index (κ2) is 12.1. The normalized spacial score (nSPS) is 13.1. The number of hydrogen-bond donors (Lipinski definition) is 0. The molecule has 0 saturated heterocycles.